The molecule has 2 heterocycles. The topological polar surface area (TPSA) is 125 Å². The number of nitrogens with zero attached hydrogens (tertiary/aromatic N) is 1. The molecule has 0 fully saturated rings. The Morgan fingerprint density at radius 3 is 2.74 bits per heavy atom. The Morgan fingerprint density at radius 1 is 1.23 bits per heavy atom. The number of benzene rings is 1. The molecule has 9 nitrogen and oxygen atoms in total. The molecule has 31 heavy (non-hydrogen) atoms. The number of esters is 1. The lowest BCUT2D eigenvalue weighted by Gasteiger charge is -2.20. The fraction of sp³-hybridized carbons (Fsp3) is 0.227. The predicted molar refractivity (Wildman–Crippen MR) is 116 cm³/mol. The van der Waals surface area contributed by atoms with Crippen molar-refractivity contribution < 1.29 is 19.4 Å². The van der Waals surface area contributed by atoms with Crippen molar-refractivity contribution in [2.24, 2.45) is 7.05 Å². The van der Waals surface area contributed by atoms with Gasteiger partial charge in [-0.3, -0.25) is 9.59 Å². The average molecular weight is 424 g/mol. The number of aromatic nitrogens is 2. The van der Waals surface area contributed by atoms with Crippen LogP contribution in [0, 0.1) is 0 Å². The first-order valence-corrected chi connectivity index (χ1v) is 9.74. The van der Waals surface area contributed by atoms with Crippen molar-refractivity contribution in [2.45, 2.75) is 19.4 Å². The summed E-state index contributed by atoms with van der Waals surface area (Å²) in [6.07, 6.45) is 4.93. The molecule has 162 valence electrons. The minimum atomic E-state index is -0.736. The molecule has 9 heteroatoms. The molecular formula is C22H24N4O5. The van der Waals surface area contributed by atoms with Gasteiger partial charge in [0.25, 0.3) is 5.56 Å². The van der Waals surface area contributed by atoms with E-state index < -0.39 is 23.6 Å². The van der Waals surface area contributed by atoms with Crippen molar-refractivity contribution in [1.82, 2.24) is 14.9 Å². The van der Waals surface area contributed by atoms with E-state index in [1.807, 2.05) is 30.5 Å². The molecule has 0 saturated heterocycles. The van der Waals surface area contributed by atoms with Gasteiger partial charge in [-0.25, -0.2) is 4.79 Å². The van der Waals surface area contributed by atoms with Gasteiger partial charge in [0.2, 0.25) is 0 Å². The number of amides is 2. The smallest absolute Gasteiger partial charge is 0.319 e. The van der Waals surface area contributed by atoms with Crippen LogP contribution in [0.15, 0.2) is 59.8 Å². The van der Waals surface area contributed by atoms with Crippen molar-refractivity contribution in [3.63, 3.8) is 0 Å². The number of ether oxygens (including phenoxy) is 1. The Labute approximate surface area is 178 Å². The molecule has 0 saturated carbocycles. The summed E-state index contributed by atoms with van der Waals surface area (Å²) in [6, 6.07) is 9.16. The van der Waals surface area contributed by atoms with Crippen LogP contribution in [0.2, 0.25) is 0 Å². The van der Waals surface area contributed by atoms with Crippen LogP contribution in [0.3, 0.4) is 0 Å². The Balaban J connectivity index is 1.85. The third kappa shape index (κ3) is 5.33. The molecule has 0 bridgehead atoms. The largest absolute Gasteiger partial charge is 0.505 e. The molecule has 0 aliphatic heterocycles. The SMILES string of the molecule is CCOC(=O)CC(NC(=O)Nc1c(O)ccn(C)c1=O)c1cccc(-c2cc[nH]c2)c1. The molecule has 1 aromatic carbocycles. The minimum Gasteiger partial charge on any atom is -0.505 e. The number of anilines is 1. The van der Waals surface area contributed by atoms with Crippen LogP contribution in [0.5, 0.6) is 5.75 Å². The number of pyridine rings is 1. The van der Waals surface area contributed by atoms with E-state index in [1.54, 1.807) is 19.2 Å². The molecule has 1 unspecified atom stereocenters. The number of hydrogen-bond donors (Lipinski definition) is 4. The summed E-state index contributed by atoms with van der Waals surface area (Å²) in [5.74, 6) is -0.826. The van der Waals surface area contributed by atoms with Gasteiger partial charge in [-0.1, -0.05) is 18.2 Å². The molecule has 2 aromatic heterocycles. The van der Waals surface area contributed by atoms with Gasteiger partial charge in [-0.05, 0) is 41.8 Å². The van der Waals surface area contributed by atoms with Crippen molar-refractivity contribution in [3.8, 4) is 16.9 Å². The number of rotatable bonds is 7. The van der Waals surface area contributed by atoms with Crippen LogP contribution in [0.4, 0.5) is 10.5 Å². The highest BCUT2D eigenvalue weighted by Crippen LogP contribution is 2.25. The van der Waals surface area contributed by atoms with Crippen LogP contribution in [-0.2, 0) is 16.6 Å². The lowest BCUT2D eigenvalue weighted by Crippen LogP contribution is -2.36. The van der Waals surface area contributed by atoms with Gasteiger partial charge in [-0.15, -0.1) is 0 Å². The number of urea groups is 1. The van der Waals surface area contributed by atoms with Crippen LogP contribution < -0.4 is 16.2 Å². The maximum atomic E-state index is 12.6. The molecule has 4 N–H and O–H groups in total. The summed E-state index contributed by atoms with van der Waals surface area (Å²) in [6.45, 7) is 1.92. The molecule has 0 aliphatic rings. The highest BCUT2D eigenvalue weighted by molar-refractivity contribution is 5.91. The van der Waals surface area contributed by atoms with E-state index in [2.05, 4.69) is 15.6 Å². The van der Waals surface area contributed by atoms with Crippen LogP contribution >= 0.6 is 0 Å². The van der Waals surface area contributed by atoms with Crippen LogP contribution in [0.25, 0.3) is 11.1 Å². The maximum Gasteiger partial charge on any atom is 0.319 e. The molecule has 2 amide bonds. The van der Waals surface area contributed by atoms with E-state index in [4.69, 9.17) is 4.74 Å². The quantitative estimate of drug-likeness (QED) is 0.434. The summed E-state index contributed by atoms with van der Waals surface area (Å²) < 4.78 is 6.27. The third-order valence-electron chi connectivity index (χ3n) is 4.69. The van der Waals surface area contributed by atoms with Gasteiger partial charge >= 0.3 is 12.0 Å². The van der Waals surface area contributed by atoms with Crippen molar-refractivity contribution >= 4 is 17.7 Å². The van der Waals surface area contributed by atoms with E-state index in [0.29, 0.717) is 5.56 Å². The van der Waals surface area contributed by atoms with Gasteiger partial charge in [0.1, 0.15) is 5.75 Å². The predicted octanol–water partition coefficient (Wildman–Crippen LogP) is 2.90. The first kappa shape index (κ1) is 21.7. The number of carbonyl (C=O) groups excluding carboxylic acids is 2. The van der Waals surface area contributed by atoms with Gasteiger partial charge < -0.3 is 30.0 Å². The Hall–Kier alpha value is -4.01. The maximum absolute atomic E-state index is 12.6. The Morgan fingerprint density at radius 2 is 2.03 bits per heavy atom. The zero-order valence-corrected chi connectivity index (χ0v) is 17.2. The fourth-order valence-electron chi connectivity index (χ4n) is 3.12. The van der Waals surface area contributed by atoms with Crippen molar-refractivity contribution in [1.29, 1.82) is 0 Å². The minimum absolute atomic E-state index is 0.101. The average Bonchev–Trinajstić information content (AvgIpc) is 3.29. The molecule has 3 rings (SSSR count). The summed E-state index contributed by atoms with van der Waals surface area (Å²) >= 11 is 0. The van der Waals surface area contributed by atoms with Crippen LogP contribution in [0.1, 0.15) is 24.9 Å². The highest BCUT2D eigenvalue weighted by atomic mass is 16.5. The second-order valence-electron chi connectivity index (χ2n) is 6.88. The number of aromatic amines is 1. The van der Waals surface area contributed by atoms with Crippen molar-refractivity contribution in [3.05, 3.63) is 70.9 Å². The van der Waals surface area contributed by atoms with Gasteiger partial charge in [0.15, 0.2) is 5.69 Å². The molecule has 1 atom stereocenters. The highest BCUT2D eigenvalue weighted by Gasteiger charge is 2.21. The van der Waals surface area contributed by atoms with Gasteiger partial charge in [-0.2, -0.15) is 0 Å². The molecular weight excluding hydrogens is 400 g/mol. The number of nitrogens with one attached hydrogen (secondary N) is 3. The monoisotopic (exact) mass is 424 g/mol. The Kier molecular flexibility index (Phi) is 6.76. The normalized spacial score (nSPS) is 11.5. The van der Waals surface area contributed by atoms with Crippen LogP contribution in [-0.4, -0.2) is 33.3 Å². The number of carbonyl (C=O) groups is 2. The number of aromatic hydroxyl groups is 1. The lowest BCUT2D eigenvalue weighted by molar-refractivity contribution is -0.143. The second-order valence-corrected chi connectivity index (χ2v) is 6.88. The zero-order chi connectivity index (χ0) is 22.4. The summed E-state index contributed by atoms with van der Waals surface area (Å²) in [5, 5.41) is 15.0. The number of aryl methyl sites for hydroxylation is 1. The molecule has 0 radical (unpaired) electrons. The third-order valence-corrected chi connectivity index (χ3v) is 4.69. The van der Waals surface area contributed by atoms with E-state index >= 15 is 0 Å². The zero-order valence-electron chi connectivity index (χ0n) is 17.2. The fourth-order valence-corrected chi connectivity index (χ4v) is 3.12. The van der Waals surface area contributed by atoms with Gasteiger partial charge in [0.05, 0.1) is 19.1 Å². The lowest BCUT2D eigenvalue weighted by atomic mass is 9.99. The Bertz CT molecular complexity index is 1120. The second kappa shape index (κ2) is 9.66. The van der Waals surface area contributed by atoms with E-state index in [-0.39, 0.29) is 24.5 Å². The number of hydrogen-bond acceptors (Lipinski definition) is 5. The van der Waals surface area contributed by atoms with E-state index in [1.165, 1.54) is 23.9 Å². The summed E-state index contributed by atoms with van der Waals surface area (Å²) in [4.78, 5) is 40.0. The summed E-state index contributed by atoms with van der Waals surface area (Å²) in [5.41, 5.74) is 1.74. The molecule has 0 aliphatic carbocycles. The van der Waals surface area contributed by atoms with Crippen molar-refractivity contribution in [2.75, 3.05) is 11.9 Å². The molecule has 0 spiro atoms. The molecule has 3 aromatic rings. The first-order chi connectivity index (χ1) is 14.9. The van der Waals surface area contributed by atoms with E-state index in [0.717, 1.165) is 11.1 Å². The van der Waals surface area contributed by atoms with E-state index in [9.17, 15) is 19.5 Å². The standard InChI is InChI=1S/C22H24N4O5/c1-3-31-19(28)12-17(15-6-4-5-14(11-15)16-7-9-23-13-16)24-22(30)25-20-18(27)8-10-26(2)21(20)29/h4-11,13,17,23,27H,3,12H2,1-2H3,(H2,24,25,30). The number of H-pyrrole nitrogens is 1. The summed E-state index contributed by atoms with van der Waals surface area (Å²) in [7, 11) is 1.50. The first-order valence-electron chi connectivity index (χ1n) is 9.74. The van der Waals surface area contributed by atoms with Gasteiger partial charge in [0, 0.05) is 25.6 Å².